The van der Waals surface area contributed by atoms with Crippen molar-refractivity contribution in [2.75, 3.05) is 0 Å². The van der Waals surface area contributed by atoms with E-state index in [-0.39, 0.29) is 19.0 Å². The van der Waals surface area contributed by atoms with Crippen LogP contribution in [-0.2, 0) is 16.1 Å². The lowest BCUT2D eigenvalue weighted by Crippen LogP contribution is -2.29. The van der Waals surface area contributed by atoms with Crippen molar-refractivity contribution >= 4 is 29.1 Å². The Kier molecular flexibility index (Phi) is 7.13. The highest BCUT2D eigenvalue weighted by Crippen LogP contribution is 2.54. The maximum absolute atomic E-state index is 12.4. The van der Waals surface area contributed by atoms with E-state index in [4.69, 9.17) is 4.74 Å². The molecular formula is C29H24O2P+. The zero-order chi connectivity index (χ0) is 22.1. The summed E-state index contributed by atoms with van der Waals surface area (Å²) in [6.45, 7) is 0.262. The molecule has 4 rings (SSSR count). The SMILES string of the molecule is O=C(CC#C[P+](c1ccccc1)(c1ccccc1)c1ccccc1)OCc1ccccc1. The molecule has 0 aromatic heterocycles. The zero-order valence-corrected chi connectivity index (χ0v) is 18.6. The summed E-state index contributed by atoms with van der Waals surface area (Å²) in [7, 11) is -2.26. The van der Waals surface area contributed by atoms with E-state index in [0.29, 0.717) is 0 Å². The average Bonchev–Trinajstić information content (AvgIpc) is 2.88. The Labute approximate surface area is 190 Å². The molecule has 0 bridgehead atoms. The first-order chi connectivity index (χ1) is 15.8. The maximum Gasteiger partial charge on any atom is 0.318 e. The fourth-order valence-corrected chi connectivity index (χ4v) is 7.07. The van der Waals surface area contributed by atoms with Crippen LogP contribution in [0.25, 0.3) is 0 Å². The Balaban J connectivity index is 1.68. The van der Waals surface area contributed by atoms with Crippen molar-refractivity contribution in [3.63, 3.8) is 0 Å². The molecule has 0 aliphatic rings. The van der Waals surface area contributed by atoms with Crippen LogP contribution < -0.4 is 15.9 Å². The maximum atomic E-state index is 12.4. The Morgan fingerprint density at radius 2 is 1.03 bits per heavy atom. The summed E-state index contributed by atoms with van der Waals surface area (Å²) < 4.78 is 5.43. The van der Waals surface area contributed by atoms with Gasteiger partial charge >= 0.3 is 5.97 Å². The van der Waals surface area contributed by atoms with Gasteiger partial charge in [0.2, 0.25) is 0 Å². The van der Waals surface area contributed by atoms with Gasteiger partial charge in [-0.3, -0.25) is 4.79 Å². The van der Waals surface area contributed by atoms with E-state index >= 15 is 0 Å². The second-order valence-electron chi connectivity index (χ2n) is 7.29. The number of carbonyl (C=O) groups excluding carboxylic acids is 1. The topological polar surface area (TPSA) is 26.3 Å². The fraction of sp³-hybridized carbons (Fsp3) is 0.0690. The Hall–Kier alpha value is -3.66. The van der Waals surface area contributed by atoms with Crippen molar-refractivity contribution in [3.8, 4) is 11.6 Å². The van der Waals surface area contributed by atoms with Crippen LogP contribution in [0.3, 0.4) is 0 Å². The highest BCUT2D eigenvalue weighted by molar-refractivity contribution is 7.99. The molecule has 0 fully saturated rings. The third-order valence-corrected chi connectivity index (χ3v) is 8.86. The van der Waals surface area contributed by atoms with Gasteiger partial charge < -0.3 is 4.74 Å². The molecule has 4 aromatic rings. The lowest BCUT2D eigenvalue weighted by Gasteiger charge is -2.21. The van der Waals surface area contributed by atoms with Crippen molar-refractivity contribution in [3.05, 3.63) is 127 Å². The molecule has 4 aromatic carbocycles. The zero-order valence-electron chi connectivity index (χ0n) is 17.7. The third kappa shape index (κ3) is 4.97. The molecule has 32 heavy (non-hydrogen) atoms. The lowest BCUT2D eigenvalue weighted by atomic mass is 10.2. The van der Waals surface area contributed by atoms with Gasteiger partial charge in [0.25, 0.3) is 0 Å². The summed E-state index contributed by atoms with van der Waals surface area (Å²) in [6, 6.07) is 40.8. The molecule has 156 valence electrons. The quantitative estimate of drug-likeness (QED) is 0.240. The minimum absolute atomic E-state index is 0.0566. The molecule has 0 atom stereocenters. The number of esters is 1. The summed E-state index contributed by atoms with van der Waals surface area (Å²) in [5.74, 6) is 2.87. The first-order valence-corrected chi connectivity index (χ1v) is 12.3. The van der Waals surface area contributed by atoms with Crippen LogP contribution in [0.2, 0.25) is 0 Å². The minimum Gasteiger partial charge on any atom is -0.460 e. The van der Waals surface area contributed by atoms with Crippen molar-refractivity contribution in [2.24, 2.45) is 0 Å². The van der Waals surface area contributed by atoms with Crippen LogP contribution in [-0.4, -0.2) is 5.97 Å². The molecular weight excluding hydrogens is 411 g/mol. The van der Waals surface area contributed by atoms with Gasteiger partial charge in [-0.2, -0.15) is 0 Å². The summed E-state index contributed by atoms with van der Waals surface area (Å²) in [4.78, 5) is 12.4. The molecule has 2 nitrogen and oxygen atoms in total. The van der Waals surface area contributed by atoms with Crippen LogP contribution in [0.1, 0.15) is 12.0 Å². The van der Waals surface area contributed by atoms with Crippen LogP contribution in [0.5, 0.6) is 0 Å². The summed E-state index contributed by atoms with van der Waals surface area (Å²) in [6.07, 6.45) is 0.0566. The standard InChI is InChI=1S/C29H24O2P/c30-29(31-24-25-14-5-1-6-15-25)22-13-23-32(26-16-7-2-8-17-26,27-18-9-3-10-19-27)28-20-11-4-12-21-28/h1-12,14-21H,22,24H2/q+1. The van der Waals surface area contributed by atoms with Crippen molar-refractivity contribution in [1.82, 2.24) is 0 Å². The van der Waals surface area contributed by atoms with Crippen molar-refractivity contribution in [2.45, 2.75) is 13.0 Å². The monoisotopic (exact) mass is 435 g/mol. The summed E-state index contributed by atoms with van der Waals surface area (Å²) >= 11 is 0. The molecule has 0 spiro atoms. The highest BCUT2D eigenvalue weighted by atomic mass is 31.2. The molecule has 0 aliphatic carbocycles. The van der Waals surface area contributed by atoms with Crippen molar-refractivity contribution in [1.29, 1.82) is 0 Å². The van der Waals surface area contributed by atoms with E-state index in [1.807, 2.05) is 84.9 Å². The highest BCUT2D eigenvalue weighted by Gasteiger charge is 2.44. The Bertz CT molecular complexity index is 1100. The van der Waals surface area contributed by atoms with Crippen LogP contribution >= 0.6 is 7.26 Å². The van der Waals surface area contributed by atoms with E-state index in [9.17, 15) is 4.79 Å². The molecule has 0 saturated heterocycles. The Morgan fingerprint density at radius 3 is 1.47 bits per heavy atom. The van der Waals surface area contributed by atoms with Gasteiger partial charge in [0.15, 0.2) is 7.26 Å². The van der Waals surface area contributed by atoms with Gasteiger partial charge in [-0.1, -0.05) is 84.9 Å². The van der Waals surface area contributed by atoms with Gasteiger partial charge in [-0.05, 0) is 47.9 Å². The van der Waals surface area contributed by atoms with E-state index in [0.717, 1.165) is 5.56 Å². The molecule has 0 radical (unpaired) electrons. The summed E-state index contributed by atoms with van der Waals surface area (Å²) in [5.41, 5.74) is 4.54. The first kappa shape index (κ1) is 21.6. The van der Waals surface area contributed by atoms with Crippen LogP contribution in [0, 0.1) is 11.6 Å². The van der Waals surface area contributed by atoms with Gasteiger partial charge in [-0.25, -0.2) is 0 Å². The van der Waals surface area contributed by atoms with E-state index in [1.165, 1.54) is 15.9 Å². The number of carbonyl (C=O) groups is 1. The van der Waals surface area contributed by atoms with Gasteiger partial charge in [-0.15, -0.1) is 0 Å². The normalized spacial score (nSPS) is 10.6. The molecule has 0 unspecified atom stereocenters. The lowest BCUT2D eigenvalue weighted by molar-refractivity contribution is -0.143. The number of rotatable bonds is 6. The Morgan fingerprint density at radius 1 is 0.625 bits per heavy atom. The second kappa shape index (κ2) is 10.6. The molecule has 0 amide bonds. The molecule has 0 heterocycles. The van der Waals surface area contributed by atoms with Gasteiger partial charge in [0, 0.05) is 0 Å². The second-order valence-corrected chi connectivity index (χ2v) is 10.4. The number of hydrogen-bond donors (Lipinski definition) is 0. The summed E-state index contributed by atoms with van der Waals surface area (Å²) in [5, 5.41) is 3.51. The third-order valence-electron chi connectivity index (χ3n) is 5.15. The molecule has 0 aliphatic heterocycles. The van der Waals surface area contributed by atoms with Crippen LogP contribution in [0.15, 0.2) is 121 Å². The average molecular weight is 435 g/mol. The van der Waals surface area contributed by atoms with Gasteiger partial charge in [0.05, 0.1) is 5.66 Å². The predicted octanol–water partition coefficient (Wildman–Crippen LogP) is 5.07. The molecule has 0 N–H and O–H groups in total. The number of benzene rings is 4. The van der Waals surface area contributed by atoms with Gasteiger partial charge in [0.1, 0.15) is 28.9 Å². The van der Waals surface area contributed by atoms with Crippen LogP contribution in [0.4, 0.5) is 0 Å². The van der Waals surface area contributed by atoms with E-state index in [1.54, 1.807) is 0 Å². The number of ether oxygens (including phenoxy) is 1. The fourth-order valence-electron chi connectivity index (χ4n) is 3.62. The first-order valence-electron chi connectivity index (χ1n) is 10.5. The minimum atomic E-state index is -2.26. The van der Waals surface area contributed by atoms with E-state index in [2.05, 4.69) is 48.0 Å². The number of hydrogen-bond acceptors (Lipinski definition) is 2. The smallest absolute Gasteiger partial charge is 0.318 e. The molecule has 3 heteroatoms. The predicted molar refractivity (Wildman–Crippen MR) is 134 cm³/mol. The van der Waals surface area contributed by atoms with E-state index < -0.39 is 7.26 Å². The van der Waals surface area contributed by atoms with Crippen molar-refractivity contribution < 1.29 is 9.53 Å². The molecule has 0 saturated carbocycles. The largest absolute Gasteiger partial charge is 0.460 e.